The van der Waals surface area contributed by atoms with Crippen LogP contribution in [0.15, 0.2) is 60.2 Å². The first-order valence-electron chi connectivity index (χ1n) is 11.9. The van der Waals surface area contributed by atoms with Crippen LogP contribution in [0.5, 0.6) is 0 Å². The summed E-state index contributed by atoms with van der Waals surface area (Å²) >= 11 is 0. The van der Waals surface area contributed by atoms with Crippen molar-refractivity contribution >= 4 is 18.0 Å². The Labute approximate surface area is 206 Å². The molecule has 2 atom stereocenters. The van der Waals surface area contributed by atoms with Gasteiger partial charge in [0, 0.05) is 18.4 Å². The van der Waals surface area contributed by atoms with Crippen molar-refractivity contribution in [3.05, 3.63) is 71.3 Å². The van der Waals surface area contributed by atoms with Crippen molar-refractivity contribution in [1.82, 2.24) is 10.6 Å². The van der Waals surface area contributed by atoms with Gasteiger partial charge in [0.15, 0.2) is 0 Å². The van der Waals surface area contributed by atoms with E-state index in [9.17, 15) is 19.5 Å². The second kappa shape index (κ2) is 11.7. The summed E-state index contributed by atoms with van der Waals surface area (Å²) in [7, 11) is 0. The number of benzene rings is 2. The maximum absolute atomic E-state index is 12.7. The summed E-state index contributed by atoms with van der Waals surface area (Å²) in [5, 5.41) is 14.7. The Bertz CT molecular complexity index is 1060. The molecular formula is C28H34N2O5. The van der Waals surface area contributed by atoms with Crippen LogP contribution in [-0.4, -0.2) is 41.8 Å². The Morgan fingerprint density at radius 2 is 1.54 bits per heavy atom. The molecule has 35 heavy (non-hydrogen) atoms. The first-order chi connectivity index (χ1) is 16.7. The minimum atomic E-state index is -1.10. The molecule has 3 N–H and O–H groups in total. The van der Waals surface area contributed by atoms with Crippen molar-refractivity contribution in [3.63, 3.8) is 0 Å². The predicted octanol–water partition coefficient (Wildman–Crippen LogP) is 4.87. The van der Waals surface area contributed by atoms with E-state index in [2.05, 4.69) is 34.9 Å². The molecule has 0 heterocycles. The van der Waals surface area contributed by atoms with Crippen LogP contribution in [0.25, 0.3) is 11.1 Å². The van der Waals surface area contributed by atoms with Crippen molar-refractivity contribution in [1.29, 1.82) is 0 Å². The number of rotatable bonds is 10. The maximum Gasteiger partial charge on any atom is 0.407 e. The quantitative estimate of drug-likeness (QED) is 0.423. The third-order valence-corrected chi connectivity index (χ3v) is 6.25. The number of ether oxygens (including phenoxy) is 1. The molecule has 0 fully saturated rings. The number of amides is 2. The summed E-state index contributed by atoms with van der Waals surface area (Å²) in [4.78, 5) is 36.7. The molecule has 2 amide bonds. The summed E-state index contributed by atoms with van der Waals surface area (Å²) in [5.74, 6) is -1.64. The van der Waals surface area contributed by atoms with Crippen LogP contribution in [-0.2, 0) is 14.3 Å². The van der Waals surface area contributed by atoms with Crippen LogP contribution in [0.1, 0.15) is 57.6 Å². The molecule has 0 saturated carbocycles. The Hall–Kier alpha value is -3.61. The van der Waals surface area contributed by atoms with Crippen LogP contribution >= 0.6 is 0 Å². The van der Waals surface area contributed by atoms with Crippen molar-refractivity contribution < 1.29 is 24.2 Å². The third-order valence-electron chi connectivity index (χ3n) is 6.25. The monoisotopic (exact) mass is 478 g/mol. The lowest BCUT2D eigenvalue weighted by Crippen LogP contribution is -2.46. The molecule has 0 radical (unpaired) electrons. The summed E-state index contributed by atoms with van der Waals surface area (Å²) < 4.78 is 5.60. The highest BCUT2D eigenvalue weighted by Crippen LogP contribution is 2.44. The first-order valence-corrected chi connectivity index (χ1v) is 11.9. The van der Waals surface area contributed by atoms with Gasteiger partial charge in [-0.05, 0) is 48.4 Å². The van der Waals surface area contributed by atoms with E-state index < -0.39 is 30.1 Å². The maximum atomic E-state index is 12.7. The number of carbonyl (C=O) groups is 3. The third kappa shape index (κ3) is 6.72. The number of carboxylic acids is 1. The van der Waals surface area contributed by atoms with Crippen LogP contribution in [0, 0.1) is 5.92 Å². The summed E-state index contributed by atoms with van der Waals surface area (Å²) in [6.45, 7) is 7.70. The number of nitrogens with one attached hydrogen (secondary N) is 2. The van der Waals surface area contributed by atoms with Gasteiger partial charge in [-0.2, -0.15) is 0 Å². The minimum absolute atomic E-state index is 0.0412. The van der Waals surface area contributed by atoms with Crippen LogP contribution in [0.3, 0.4) is 0 Å². The topological polar surface area (TPSA) is 105 Å². The number of fused-ring (bicyclic) bond motifs is 3. The molecule has 0 aromatic heterocycles. The highest BCUT2D eigenvalue weighted by molar-refractivity contribution is 5.84. The minimum Gasteiger partial charge on any atom is -0.480 e. The zero-order chi connectivity index (χ0) is 25.5. The van der Waals surface area contributed by atoms with E-state index in [0.29, 0.717) is 0 Å². The van der Waals surface area contributed by atoms with Gasteiger partial charge in [0.25, 0.3) is 0 Å². The normalized spacial score (nSPS) is 13.9. The van der Waals surface area contributed by atoms with Crippen molar-refractivity contribution in [3.8, 4) is 11.1 Å². The largest absolute Gasteiger partial charge is 0.480 e. The zero-order valence-electron chi connectivity index (χ0n) is 20.7. The van der Waals surface area contributed by atoms with E-state index in [1.165, 1.54) is 0 Å². The van der Waals surface area contributed by atoms with E-state index >= 15 is 0 Å². The van der Waals surface area contributed by atoms with Gasteiger partial charge < -0.3 is 20.5 Å². The number of hydrogen-bond donors (Lipinski definition) is 3. The van der Waals surface area contributed by atoms with Gasteiger partial charge in [0.05, 0.1) is 0 Å². The van der Waals surface area contributed by atoms with Crippen molar-refractivity contribution in [2.24, 2.45) is 5.92 Å². The van der Waals surface area contributed by atoms with E-state index in [4.69, 9.17) is 4.74 Å². The lowest BCUT2D eigenvalue weighted by atomic mass is 9.98. The highest BCUT2D eigenvalue weighted by atomic mass is 16.5. The lowest BCUT2D eigenvalue weighted by molar-refractivity contribution is -0.141. The van der Waals surface area contributed by atoms with E-state index in [1.54, 1.807) is 6.08 Å². The molecule has 7 nitrogen and oxygen atoms in total. The van der Waals surface area contributed by atoms with Gasteiger partial charge in [0.2, 0.25) is 5.91 Å². The Morgan fingerprint density at radius 3 is 2.06 bits per heavy atom. The molecule has 7 heteroatoms. The molecule has 3 rings (SSSR count). The van der Waals surface area contributed by atoms with Gasteiger partial charge in [-0.1, -0.05) is 74.0 Å². The van der Waals surface area contributed by atoms with Gasteiger partial charge >= 0.3 is 12.1 Å². The van der Waals surface area contributed by atoms with Gasteiger partial charge in [-0.3, -0.25) is 4.79 Å². The standard InChI is InChI=1S/C28H34N2O5/c1-17(2)13-14-24(27(32)33)29-26(31)15-25(18(3)4)30-28(34)35-16-23-21-11-7-5-9-19(21)20-10-6-8-12-22(20)23/h5-13,18,23-25H,14-16H2,1-4H3,(H,29,31)(H,30,34)(H,32,33)/t24?,25-/m1/s1. The fourth-order valence-electron chi connectivity index (χ4n) is 4.27. The molecule has 0 saturated heterocycles. The molecule has 2 aromatic carbocycles. The molecule has 2 aromatic rings. The molecule has 1 unspecified atom stereocenters. The number of allylic oxidation sites excluding steroid dienone is 1. The zero-order valence-corrected chi connectivity index (χ0v) is 20.7. The van der Waals surface area contributed by atoms with E-state index in [1.807, 2.05) is 52.0 Å². The molecule has 0 bridgehead atoms. The van der Waals surface area contributed by atoms with Gasteiger partial charge in [-0.25, -0.2) is 9.59 Å². The van der Waals surface area contributed by atoms with Crippen LogP contribution < -0.4 is 10.6 Å². The Morgan fingerprint density at radius 1 is 0.971 bits per heavy atom. The van der Waals surface area contributed by atoms with Crippen molar-refractivity contribution in [2.75, 3.05) is 6.61 Å². The molecule has 0 aliphatic heterocycles. The number of alkyl carbamates (subject to hydrolysis) is 1. The highest BCUT2D eigenvalue weighted by Gasteiger charge is 2.30. The number of aliphatic carboxylic acids is 1. The smallest absolute Gasteiger partial charge is 0.407 e. The number of hydrogen-bond acceptors (Lipinski definition) is 4. The Balaban J connectivity index is 1.59. The summed E-state index contributed by atoms with van der Waals surface area (Å²) in [6.07, 6.45) is 1.34. The van der Waals surface area contributed by atoms with Crippen molar-refractivity contribution in [2.45, 2.75) is 58.5 Å². The molecular weight excluding hydrogens is 444 g/mol. The molecule has 1 aliphatic rings. The fraction of sp³-hybridized carbons (Fsp3) is 0.393. The Kier molecular flexibility index (Phi) is 8.68. The summed E-state index contributed by atoms with van der Waals surface area (Å²) in [6, 6.07) is 14.7. The average molecular weight is 479 g/mol. The lowest BCUT2D eigenvalue weighted by Gasteiger charge is -2.23. The SMILES string of the molecule is CC(C)=CCC(NC(=O)C[C@@H](NC(=O)OCC1c2ccccc2-c2ccccc21)C(C)C)C(=O)O. The number of carbonyl (C=O) groups excluding carboxylic acids is 2. The second-order valence-electron chi connectivity index (χ2n) is 9.50. The number of carboxylic acid groups (broad SMARTS) is 1. The first kappa shape index (κ1) is 26.0. The molecule has 186 valence electrons. The van der Waals surface area contributed by atoms with Gasteiger partial charge in [-0.15, -0.1) is 0 Å². The molecule has 1 aliphatic carbocycles. The van der Waals surface area contributed by atoms with E-state index in [0.717, 1.165) is 27.8 Å². The average Bonchev–Trinajstić information content (AvgIpc) is 3.13. The van der Waals surface area contributed by atoms with Crippen LogP contribution in [0.2, 0.25) is 0 Å². The van der Waals surface area contributed by atoms with Crippen LogP contribution in [0.4, 0.5) is 4.79 Å². The predicted molar refractivity (Wildman–Crippen MR) is 135 cm³/mol. The molecule has 0 spiro atoms. The second-order valence-corrected chi connectivity index (χ2v) is 9.50. The van der Waals surface area contributed by atoms with Gasteiger partial charge in [0.1, 0.15) is 12.6 Å². The summed E-state index contributed by atoms with van der Waals surface area (Å²) in [5.41, 5.74) is 5.52. The fourth-order valence-corrected chi connectivity index (χ4v) is 4.27. The van der Waals surface area contributed by atoms with E-state index in [-0.39, 0.29) is 31.3 Å².